The summed E-state index contributed by atoms with van der Waals surface area (Å²) in [6.07, 6.45) is 5.48. The molecular weight excluding hydrogens is 516 g/mol. The van der Waals surface area contributed by atoms with Gasteiger partial charge in [-0.3, -0.25) is 0 Å². The highest BCUT2D eigenvalue weighted by Crippen LogP contribution is 2.44. The molecule has 0 aliphatic heterocycles. The lowest BCUT2D eigenvalue weighted by Gasteiger charge is -2.45. The van der Waals surface area contributed by atoms with Crippen molar-refractivity contribution in [2.75, 3.05) is 6.16 Å². The van der Waals surface area contributed by atoms with Gasteiger partial charge >= 0.3 is 0 Å². The molecule has 0 spiro atoms. The van der Waals surface area contributed by atoms with Crippen LogP contribution in [0.2, 0.25) is 36.3 Å². The van der Waals surface area contributed by atoms with E-state index >= 15 is 0 Å². The standard InChI is InChI=1S/C33H51O2PSi2/c1-26-27(22-23-36(29-18-14-12-15-19-29)30-20-16-13-17-21-30)24-28(34-37(8,9)32(2,3)4)25-31(26)35-38(10,11)33(5,6)7/h12-22,28,31H,1,23-25H2,2-11H3/b27-22-/t28-,31-/m0/s1. The molecule has 0 N–H and O–H groups in total. The third-order valence-electron chi connectivity index (χ3n) is 8.89. The maximum Gasteiger partial charge on any atom is 0.192 e. The minimum Gasteiger partial charge on any atom is -0.413 e. The zero-order valence-corrected chi connectivity index (χ0v) is 28.5. The van der Waals surface area contributed by atoms with Gasteiger partial charge in [-0.1, -0.05) is 115 Å². The Bertz CT molecular complexity index is 1060. The van der Waals surface area contributed by atoms with Crippen LogP contribution in [0.15, 0.2) is 84.5 Å². The Morgan fingerprint density at radius 3 is 1.68 bits per heavy atom. The van der Waals surface area contributed by atoms with Gasteiger partial charge in [-0.25, -0.2) is 0 Å². The molecule has 0 heterocycles. The molecule has 0 bridgehead atoms. The third kappa shape index (κ3) is 7.67. The van der Waals surface area contributed by atoms with Gasteiger partial charge in [0.15, 0.2) is 16.6 Å². The van der Waals surface area contributed by atoms with Crippen LogP contribution < -0.4 is 10.6 Å². The summed E-state index contributed by atoms with van der Waals surface area (Å²) in [6.45, 7) is 28.0. The molecule has 38 heavy (non-hydrogen) atoms. The summed E-state index contributed by atoms with van der Waals surface area (Å²) in [5, 5.41) is 3.15. The van der Waals surface area contributed by atoms with Crippen LogP contribution >= 0.6 is 7.92 Å². The van der Waals surface area contributed by atoms with Crippen molar-refractivity contribution in [3.8, 4) is 0 Å². The number of allylic oxidation sites excluding steroid dienone is 1. The van der Waals surface area contributed by atoms with Crippen molar-refractivity contribution in [3.05, 3.63) is 84.5 Å². The molecule has 0 radical (unpaired) electrons. The van der Waals surface area contributed by atoms with Gasteiger partial charge in [-0.2, -0.15) is 0 Å². The molecule has 0 saturated heterocycles. The molecule has 3 rings (SSSR count). The molecule has 0 aromatic heterocycles. The highest BCUT2D eigenvalue weighted by molar-refractivity contribution is 7.73. The second-order valence-corrected chi connectivity index (χ2v) is 25.6. The van der Waals surface area contributed by atoms with Crippen molar-refractivity contribution >= 4 is 35.2 Å². The van der Waals surface area contributed by atoms with E-state index in [1.165, 1.54) is 21.8 Å². The van der Waals surface area contributed by atoms with E-state index in [-0.39, 0.29) is 22.3 Å². The Morgan fingerprint density at radius 2 is 1.24 bits per heavy atom. The third-order valence-corrected chi connectivity index (χ3v) is 20.3. The lowest BCUT2D eigenvalue weighted by atomic mass is 9.86. The summed E-state index contributed by atoms with van der Waals surface area (Å²) in [6, 6.07) is 22.0. The van der Waals surface area contributed by atoms with Gasteiger partial charge in [0.25, 0.3) is 0 Å². The zero-order chi connectivity index (χ0) is 28.4. The maximum atomic E-state index is 7.03. The van der Waals surface area contributed by atoms with Gasteiger partial charge in [0.05, 0.1) is 12.2 Å². The average Bonchev–Trinajstić information content (AvgIpc) is 2.81. The second-order valence-electron chi connectivity index (χ2n) is 13.8. The quantitative estimate of drug-likeness (QED) is 0.234. The minimum absolute atomic E-state index is 0.0188. The zero-order valence-electron chi connectivity index (χ0n) is 25.6. The Hall–Kier alpha value is -1.30. The van der Waals surface area contributed by atoms with Crippen LogP contribution in [0.4, 0.5) is 0 Å². The van der Waals surface area contributed by atoms with Crippen LogP contribution in [-0.2, 0) is 8.85 Å². The number of rotatable bonds is 8. The molecule has 2 atom stereocenters. The van der Waals surface area contributed by atoms with Crippen LogP contribution in [0, 0.1) is 0 Å². The first-order valence-corrected chi connectivity index (χ1v) is 21.5. The van der Waals surface area contributed by atoms with Crippen LogP contribution in [-0.4, -0.2) is 35.0 Å². The minimum atomic E-state index is -1.97. The Morgan fingerprint density at radius 1 is 0.789 bits per heavy atom. The van der Waals surface area contributed by atoms with Crippen LogP contribution in [0.5, 0.6) is 0 Å². The summed E-state index contributed by atoms with van der Waals surface area (Å²) >= 11 is 0. The number of benzene rings is 2. The average molecular weight is 567 g/mol. The molecule has 1 aliphatic carbocycles. The monoisotopic (exact) mass is 566 g/mol. The first-order valence-electron chi connectivity index (χ1n) is 14.1. The maximum absolute atomic E-state index is 7.03. The van der Waals surface area contributed by atoms with Gasteiger partial charge in [-0.05, 0) is 78.5 Å². The van der Waals surface area contributed by atoms with E-state index in [0.717, 1.165) is 19.0 Å². The van der Waals surface area contributed by atoms with Gasteiger partial charge < -0.3 is 8.85 Å². The molecule has 1 saturated carbocycles. The van der Waals surface area contributed by atoms with Crippen molar-refractivity contribution in [1.29, 1.82) is 0 Å². The SMILES string of the molecule is C=C1/C(=C\CP(c2ccccc2)c2ccccc2)C[C@H](O[Si](C)(C)C(C)(C)C)C[C@@H]1O[Si](C)(C)C(C)(C)C. The molecule has 5 heteroatoms. The highest BCUT2D eigenvalue weighted by Gasteiger charge is 2.44. The van der Waals surface area contributed by atoms with E-state index in [2.05, 4.69) is 141 Å². The molecule has 0 unspecified atom stereocenters. The fraction of sp³-hybridized carbons (Fsp3) is 0.515. The van der Waals surface area contributed by atoms with E-state index < -0.39 is 24.6 Å². The predicted octanol–water partition coefficient (Wildman–Crippen LogP) is 9.18. The van der Waals surface area contributed by atoms with Gasteiger partial charge in [0, 0.05) is 6.42 Å². The fourth-order valence-electron chi connectivity index (χ4n) is 4.37. The van der Waals surface area contributed by atoms with Gasteiger partial charge in [-0.15, -0.1) is 0 Å². The van der Waals surface area contributed by atoms with Crippen molar-refractivity contribution in [2.45, 2.75) is 103 Å². The molecule has 0 amide bonds. The molecular formula is C33H51O2PSi2. The van der Waals surface area contributed by atoms with Crippen molar-refractivity contribution in [3.63, 3.8) is 0 Å². The lowest BCUT2D eigenvalue weighted by molar-refractivity contribution is 0.0969. The summed E-state index contributed by atoms with van der Waals surface area (Å²) in [7, 11) is -4.38. The van der Waals surface area contributed by atoms with E-state index in [1.54, 1.807) is 0 Å². The van der Waals surface area contributed by atoms with E-state index in [9.17, 15) is 0 Å². The van der Waals surface area contributed by atoms with Crippen molar-refractivity contribution in [1.82, 2.24) is 0 Å². The molecule has 2 aromatic carbocycles. The molecule has 2 nitrogen and oxygen atoms in total. The number of hydrogen-bond donors (Lipinski definition) is 0. The number of hydrogen-bond acceptors (Lipinski definition) is 2. The topological polar surface area (TPSA) is 18.5 Å². The molecule has 1 fully saturated rings. The Kier molecular flexibility index (Phi) is 9.92. The van der Waals surface area contributed by atoms with Gasteiger partial charge in [0.1, 0.15) is 0 Å². The lowest BCUT2D eigenvalue weighted by Crippen LogP contribution is -2.49. The Labute approximate surface area is 237 Å². The second kappa shape index (κ2) is 12.1. The summed E-state index contributed by atoms with van der Waals surface area (Å²) < 4.78 is 14.1. The van der Waals surface area contributed by atoms with Crippen LogP contribution in [0.3, 0.4) is 0 Å². The van der Waals surface area contributed by atoms with Crippen LogP contribution in [0.1, 0.15) is 54.4 Å². The van der Waals surface area contributed by atoms with Crippen molar-refractivity contribution < 1.29 is 8.85 Å². The predicted molar refractivity (Wildman–Crippen MR) is 175 cm³/mol. The van der Waals surface area contributed by atoms with Crippen LogP contribution in [0.25, 0.3) is 0 Å². The molecule has 2 aromatic rings. The van der Waals surface area contributed by atoms with E-state index in [0.29, 0.717) is 0 Å². The fourth-order valence-corrected chi connectivity index (χ4v) is 9.23. The van der Waals surface area contributed by atoms with Crippen molar-refractivity contribution in [2.24, 2.45) is 0 Å². The highest BCUT2D eigenvalue weighted by atomic mass is 31.1. The van der Waals surface area contributed by atoms with Gasteiger partial charge in [0.2, 0.25) is 0 Å². The smallest absolute Gasteiger partial charge is 0.192 e. The Balaban J connectivity index is 1.95. The largest absolute Gasteiger partial charge is 0.413 e. The summed E-state index contributed by atoms with van der Waals surface area (Å²) in [5.74, 6) is 0. The first-order chi connectivity index (χ1) is 17.5. The molecule has 1 aliphatic rings. The summed E-state index contributed by atoms with van der Waals surface area (Å²) in [5.41, 5.74) is 2.50. The van der Waals surface area contributed by atoms with E-state index in [4.69, 9.17) is 8.85 Å². The first kappa shape index (κ1) is 31.2. The van der Waals surface area contributed by atoms with E-state index in [1.807, 2.05) is 0 Å². The molecule has 208 valence electrons. The normalized spacial score (nSPS) is 20.8. The summed E-state index contributed by atoms with van der Waals surface area (Å²) in [4.78, 5) is 0.